The van der Waals surface area contributed by atoms with Crippen molar-refractivity contribution in [3.8, 4) is 11.1 Å². The summed E-state index contributed by atoms with van der Waals surface area (Å²) < 4.78 is 4.66. The Kier molecular flexibility index (Phi) is 12.7. The van der Waals surface area contributed by atoms with Crippen molar-refractivity contribution < 1.29 is 22.3 Å². The molecule has 0 aliphatic heterocycles. The van der Waals surface area contributed by atoms with Crippen molar-refractivity contribution in [3.63, 3.8) is 0 Å². The predicted molar refractivity (Wildman–Crippen MR) is 239 cm³/mol. The van der Waals surface area contributed by atoms with Gasteiger partial charge in [-0.1, -0.05) is 102 Å². The third-order valence-electron chi connectivity index (χ3n) is 12.9. The number of fused-ring (bicyclic) bond motifs is 3. The fourth-order valence-electron chi connectivity index (χ4n) is 10.3. The number of allylic oxidation sites excluding steroid dienone is 4. The molecule has 0 nitrogen and oxygen atoms in total. The Balaban J connectivity index is 0.000000130. The number of rotatable bonds is 4. The van der Waals surface area contributed by atoms with Gasteiger partial charge < -0.3 is 0 Å². The molecule has 0 radical (unpaired) electrons. The normalized spacial score (nSPS) is 24.0. The monoisotopic (exact) mass is 856 g/mol. The molecule has 0 amide bonds. The third-order valence-corrected chi connectivity index (χ3v) is 15.8. The quantitative estimate of drug-likeness (QED) is 0.158. The third kappa shape index (κ3) is 10.2. The van der Waals surface area contributed by atoms with Crippen molar-refractivity contribution in [2.24, 2.45) is 29.1 Å². The van der Waals surface area contributed by atoms with E-state index >= 15 is 0 Å². The van der Waals surface area contributed by atoms with Gasteiger partial charge in [-0.15, -0.1) is 5.56 Å². The first kappa shape index (κ1) is 41.7. The molecule has 292 valence electrons. The molecule has 0 N–H and O–H groups in total. The number of benzene rings is 4. The molecule has 4 fully saturated rings. The van der Waals surface area contributed by atoms with Crippen LogP contribution in [0.15, 0.2) is 96.1 Å². The van der Waals surface area contributed by atoms with Gasteiger partial charge in [-0.2, -0.15) is 41.0 Å². The molecular weight excluding hydrogens is 799 g/mol. The van der Waals surface area contributed by atoms with Crippen LogP contribution in [-0.4, -0.2) is 7.42 Å². The van der Waals surface area contributed by atoms with E-state index in [-0.39, 0.29) is 10.8 Å². The first-order chi connectivity index (χ1) is 26.5. The van der Waals surface area contributed by atoms with Gasteiger partial charge in [0.1, 0.15) is 0 Å². The number of hydrogen-bond acceptors (Lipinski definition) is 0. The minimum atomic E-state index is -0.623. The molecule has 10 rings (SSSR count). The van der Waals surface area contributed by atoms with Gasteiger partial charge in [0, 0.05) is 0 Å². The summed E-state index contributed by atoms with van der Waals surface area (Å²) in [5.74, 6) is 3.82. The van der Waals surface area contributed by atoms with Crippen LogP contribution in [0.2, 0.25) is 10.0 Å². The second-order valence-corrected chi connectivity index (χ2v) is 22.8. The average molecular weight is 859 g/mol. The first-order valence-electron chi connectivity index (χ1n) is 21.0. The summed E-state index contributed by atoms with van der Waals surface area (Å²) >= 11 is 11.0. The van der Waals surface area contributed by atoms with Gasteiger partial charge in [-0.25, -0.2) is 5.57 Å². The van der Waals surface area contributed by atoms with Crippen LogP contribution < -0.4 is 0 Å². The second kappa shape index (κ2) is 17.0. The van der Waals surface area contributed by atoms with E-state index < -0.39 is 22.3 Å². The number of hydrogen-bond donors (Lipinski definition) is 0. The van der Waals surface area contributed by atoms with Gasteiger partial charge in [0.25, 0.3) is 0 Å². The molecule has 4 saturated carbocycles. The van der Waals surface area contributed by atoms with Gasteiger partial charge in [-0.05, 0) is 79.1 Å². The molecular formula is C53H60Cl2Zr-2. The van der Waals surface area contributed by atoms with E-state index in [9.17, 15) is 0 Å². The van der Waals surface area contributed by atoms with Crippen molar-refractivity contribution >= 4 is 30.6 Å². The van der Waals surface area contributed by atoms with Crippen LogP contribution in [-0.2, 0) is 39.5 Å². The summed E-state index contributed by atoms with van der Waals surface area (Å²) in [6, 6.07) is 31.0. The van der Waals surface area contributed by atoms with Crippen LogP contribution in [0, 0.1) is 41.2 Å². The molecule has 4 aromatic carbocycles. The van der Waals surface area contributed by atoms with Crippen LogP contribution in [0.3, 0.4) is 0 Å². The van der Waals surface area contributed by atoms with E-state index in [4.69, 9.17) is 23.2 Å². The van der Waals surface area contributed by atoms with E-state index in [1.165, 1.54) is 56.5 Å². The van der Waals surface area contributed by atoms with Gasteiger partial charge in [-0.3, -0.25) is 6.08 Å². The van der Waals surface area contributed by atoms with Gasteiger partial charge >= 0.3 is 123 Å². The topological polar surface area (TPSA) is 0 Å². The molecule has 0 heterocycles. The zero-order valence-corrected chi connectivity index (χ0v) is 38.9. The SMILES string of the molecule is CC(C)(C)c1c[c-]c2c(c1)-c1cc(C(C)(C)C)ccc1C2.CC1=[C-]C(C)C=C1CC12CC3CC(CC(C3)C1)C2.Clc1ccc([CH]=[Zr]=[CH]c2ccc(Cl)cc2)cc1. The Morgan fingerprint density at radius 1 is 0.714 bits per heavy atom. The van der Waals surface area contributed by atoms with Crippen LogP contribution in [0.5, 0.6) is 0 Å². The summed E-state index contributed by atoms with van der Waals surface area (Å²) in [6.45, 7) is 18.2. The number of halogens is 2. The molecule has 0 saturated heterocycles. The van der Waals surface area contributed by atoms with Crippen LogP contribution in [0.25, 0.3) is 11.1 Å². The molecule has 6 aliphatic rings. The molecule has 0 aromatic heterocycles. The molecule has 4 aromatic rings. The molecule has 0 spiro atoms. The van der Waals surface area contributed by atoms with Crippen LogP contribution in [0.4, 0.5) is 0 Å². The van der Waals surface area contributed by atoms with Crippen LogP contribution in [0.1, 0.15) is 134 Å². The summed E-state index contributed by atoms with van der Waals surface area (Å²) in [4.78, 5) is 0. The Bertz CT molecular complexity index is 2010. The summed E-state index contributed by atoms with van der Waals surface area (Å²) in [7, 11) is 0. The molecule has 3 heteroatoms. The van der Waals surface area contributed by atoms with E-state index in [2.05, 4.69) is 136 Å². The van der Waals surface area contributed by atoms with Crippen molar-refractivity contribution in [2.45, 2.75) is 118 Å². The molecule has 56 heavy (non-hydrogen) atoms. The van der Waals surface area contributed by atoms with E-state index in [1.807, 2.05) is 24.3 Å². The second-order valence-electron chi connectivity index (χ2n) is 19.7. The first-order valence-corrected chi connectivity index (χ1v) is 24.5. The average Bonchev–Trinajstić information content (AvgIpc) is 3.65. The van der Waals surface area contributed by atoms with Crippen molar-refractivity contribution in [1.82, 2.24) is 0 Å². The molecule has 4 bridgehead atoms. The van der Waals surface area contributed by atoms with Crippen molar-refractivity contribution in [1.29, 1.82) is 0 Å². The standard InChI is InChI=1S/C21H25.C18H25.2C7H5Cl.Zr/c1-20(2,3)16-9-7-14-11-15-8-10-17(21(4,5)6)13-19(15)18(14)12-16;1-12-3-13(2)17(4-12)11-18-8-14-5-15(9-18)7-16(6-14)10-18;2*1-6-2-4-7(8)5-3-6;/h7,9-10,12-13H,11H2,1-6H3;4,12,14-16H,5-11H2,1-2H3;2*1-5H;/q2*-1;;;. The van der Waals surface area contributed by atoms with E-state index in [0.29, 0.717) is 11.3 Å². The Hall–Kier alpha value is -2.44. The minimum absolute atomic E-state index is 0.177. The van der Waals surface area contributed by atoms with Crippen LogP contribution >= 0.6 is 23.2 Å². The fraction of sp³-hybridized carbons (Fsp3) is 0.434. The van der Waals surface area contributed by atoms with Gasteiger partial charge in [0.05, 0.1) is 0 Å². The maximum absolute atomic E-state index is 5.84. The summed E-state index contributed by atoms with van der Waals surface area (Å²) in [5.41, 5.74) is 15.1. The Morgan fingerprint density at radius 3 is 1.71 bits per heavy atom. The molecule has 1 unspecified atom stereocenters. The van der Waals surface area contributed by atoms with Gasteiger partial charge in [0.2, 0.25) is 0 Å². The Labute approximate surface area is 359 Å². The predicted octanol–water partition coefficient (Wildman–Crippen LogP) is 14.6. The van der Waals surface area contributed by atoms with Crippen molar-refractivity contribution in [3.05, 3.63) is 152 Å². The zero-order valence-electron chi connectivity index (χ0n) is 35.0. The fourth-order valence-corrected chi connectivity index (χ4v) is 12.7. The zero-order chi connectivity index (χ0) is 39.8. The van der Waals surface area contributed by atoms with Gasteiger partial charge in [0.15, 0.2) is 0 Å². The Morgan fingerprint density at radius 2 is 1.23 bits per heavy atom. The van der Waals surface area contributed by atoms with Crippen molar-refractivity contribution in [2.75, 3.05) is 0 Å². The summed E-state index contributed by atoms with van der Waals surface area (Å²) in [5, 5.41) is 1.57. The van der Waals surface area contributed by atoms with E-state index in [1.54, 1.807) is 44.1 Å². The maximum atomic E-state index is 5.84. The van der Waals surface area contributed by atoms with E-state index in [0.717, 1.165) is 34.2 Å². The summed E-state index contributed by atoms with van der Waals surface area (Å²) in [6.07, 6.45) is 17.8. The molecule has 1 atom stereocenters. The molecule has 6 aliphatic carbocycles.